The Morgan fingerprint density at radius 1 is 1.29 bits per heavy atom. The fourth-order valence-corrected chi connectivity index (χ4v) is 6.38. The maximum Gasteiger partial charge on any atom is 0.270 e. The molecule has 1 aromatic heterocycles. The minimum atomic E-state index is -0.257. The van der Waals surface area contributed by atoms with Gasteiger partial charge in [0.2, 0.25) is 0 Å². The zero-order chi connectivity index (χ0) is 25.7. The summed E-state index contributed by atoms with van der Waals surface area (Å²) >= 11 is 6.95. The van der Waals surface area contributed by atoms with Crippen molar-refractivity contribution < 1.29 is 4.79 Å². The van der Waals surface area contributed by atoms with Gasteiger partial charge in [0.05, 0.1) is 4.91 Å². The van der Waals surface area contributed by atoms with Crippen LogP contribution in [-0.4, -0.2) is 39.3 Å². The molecule has 35 heavy (non-hydrogen) atoms. The Morgan fingerprint density at radius 2 is 2.03 bits per heavy atom. The van der Waals surface area contributed by atoms with Crippen molar-refractivity contribution in [3.63, 3.8) is 0 Å². The van der Waals surface area contributed by atoms with Crippen molar-refractivity contribution in [2.24, 2.45) is 11.8 Å². The number of thiocarbonyl (C=S) groups is 1. The van der Waals surface area contributed by atoms with Crippen LogP contribution in [0.2, 0.25) is 0 Å². The molecule has 3 heterocycles. The van der Waals surface area contributed by atoms with Crippen molar-refractivity contribution in [3.05, 3.63) is 31.9 Å². The molecule has 1 aromatic rings. The third-order valence-corrected chi connectivity index (χ3v) is 8.63. The molecule has 1 amide bonds. The summed E-state index contributed by atoms with van der Waals surface area (Å²) in [6, 6.07) is 2.12. The van der Waals surface area contributed by atoms with E-state index in [1.165, 1.54) is 11.8 Å². The van der Waals surface area contributed by atoms with E-state index in [-0.39, 0.29) is 17.0 Å². The highest BCUT2D eigenvalue weighted by Crippen LogP contribution is 2.37. The number of piperidine rings is 1. The summed E-state index contributed by atoms with van der Waals surface area (Å²) < 4.78 is 2.29. The van der Waals surface area contributed by atoms with Gasteiger partial charge in [-0.25, -0.2) is 0 Å². The quantitative estimate of drug-likeness (QED) is 0.311. The van der Waals surface area contributed by atoms with Crippen LogP contribution in [0.3, 0.4) is 0 Å². The molecule has 0 aromatic carbocycles. The number of thioether (sulfide) groups is 1. The topological polar surface area (TPSA) is 69.3 Å². The van der Waals surface area contributed by atoms with Gasteiger partial charge < -0.3 is 4.90 Å². The fraction of sp³-hybridized carbons (Fsp3) is 0.630. The van der Waals surface area contributed by atoms with Crippen molar-refractivity contribution >= 4 is 46.1 Å². The zero-order valence-corrected chi connectivity index (χ0v) is 23.4. The zero-order valence-electron chi connectivity index (χ0n) is 21.7. The first-order valence-corrected chi connectivity index (χ1v) is 14.2. The number of amides is 1. The monoisotopic (exact) mass is 514 g/mol. The number of hydrogen-bond donors (Lipinski definition) is 0. The number of nitrogens with zero attached hydrogens (tertiary/aromatic N) is 4. The van der Waals surface area contributed by atoms with Crippen LogP contribution in [0.4, 0.5) is 5.82 Å². The van der Waals surface area contributed by atoms with Crippen LogP contribution in [0, 0.1) is 30.1 Å². The number of carbonyl (C=O) groups is 1. The van der Waals surface area contributed by atoms with E-state index < -0.39 is 0 Å². The van der Waals surface area contributed by atoms with Crippen LogP contribution in [0.25, 0.3) is 6.08 Å². The van der Waals surface area contributed by atoms with Crippen LogP contribution < -0.4 is 10.5 Å². The van der Waals surface area contributed by atoms with Gasteiger partial charge in [0, 0.05) is 31.7 Å². The second kappa shape index (κ2) is 12.2. The van der Waals surface area contributed by atoms with Crippen LogP contribution >= 0.6 is 24.0 Å². The van der Waals surface area contributed by atoms with Gasteiger partial charge in [-0.1, -0.05) is 64.0 Å². The molecule has 0 aliphatic carbocycles. The average Bonchev–Trinajstić information content (AvgIpc) is 3.10. The van der Waals surface area contributed by atoms with Crippen LogP contribution in [-0.2, 0) is 11.3 Å². The lowest BCUT2D eigenvalue weighted by Crippen LogP contribution is -2.40. The van der Waals surface area contributed by atoms with E-state index in [0.717, 1.165) is 63.0 Å². The molecule has 190 valence electrons. The Kier molecular flexibility index (Phi) is 9.60. The van der Waals surface area contributed by atoms with Gasteiger partial charge in [-0.05, 0) is 56.6 Å². The highest BCUT2D eigenvalue weighted by atomic mass is 32.2. The van der Waals surface area contributed by atoms with E-state index in [1.54, 1.807) is 9.47 Å². The van der Waals surface area contributed by atoms with Gasteiger partial charge in [0.25, 0.3) is 11.5 Å². The minimum absolute atomic E-state index is 0.0694. The number of aromatic nitrogens is 1. The molecule has 2 saturated heterocycles. The number of hydrogen-bond acceptors (Lipinski definition) is 6. The molecule has 0 saturated carbocycles. The molecule has 0 radical (unpaired) electrons. The van der Waals surface area contributed by atoms with Gasteiger partial charge >= 0.3 is 0 Å². The predicted octanol–water partition coefficient (Wildman–Crippen LogP) is 5.70. The van der Waals surface area contributed by atoms with Crippen molar-refractivity contribution in [2.45, 2.75) is 79.7 Å². The summed E-state index contributed by atoms with van der Waals surface area (Å²) in [7, 11) is 0. The maximum absolute atomic E-state index is 13.5. The highest BCUT2D eigenvalue weighted by Gasteiger charge is 2.34. The summed E-state index contributed by atoms with van der Waals surface area (Å²) in [5, 5.41) is 9.78. The Bertz CT molecular complexity index is 1100. The molecule has 2 unspecified atom stereocenters. The Morgan fingerprint density at radius 3 is 2.63 bits per heavy atom. The third kappa shape index (κ3) is 5.83. The minimum Gasteiger partial charge on any atom is -0.357 e. The summed E-state index contributed by atoms with van der Waals surface area (Å²) in [6.45, 7) is 13.1. The molecular weight excluding hydrogens is 476 g/mol. The van der Waals surface area contributed by atoms with E-state index in [4.69, 9.17) is 12.2 Å². The fourth-order valence-electron chi connectivity index (χ4n) is 5.12. The first-order chi connectivity index (χ1) is 16.8. The highest BCUT2D eigenvalue weighted by molar-refractivity contribution is 8.26. The number of carbonyl (C=O) groups excluding carboxylic acids is 1. The SMILES string of the molecule is CCCCC(CC)CN1C(=O)/C(=C\c2c(C)c(C#N)c(=O)n(CC)c2N2CCCC(C)C2)SC1=S. The lowest BCUT2D eigenvalue weighted by Gasteiger charge is -2.35. The van der Waals surface area contributed by atoms with Crippen LogP contribution in [0.5, 0.6) is 0 Å². The normalized spacial score (nSPS) is 20.6. The Hall–Kier alpha value is -2.11. The van der Waals surface area contributed by atoms with Crippen molar-refractivity contribution in [1.29, 1.82) is 5.26 Å². The first kappa shape index (κ1) is 27.5. The number of nitriles is 1. The predicted molar refractivity (Wildman–Crippen MR) is 150 cm³/mol. The van der Waals surface area contributed by atoms with E-state index in [1.807, 2.05) is 19.9 Å². The first-order valence-electron chi connectivity index (χ1n) is 12.9. The number of unbranched alkanes of at least 4 members (excludes halogenated alkanes) is 1. The molecule has 8 heteroatoms. The summed E-state index contributed by atoms with van der Waals surface area (Å²) in [5.74, 6) is 1.69. The number of anilines is 1. The standard InChI is InChI=1S/C27H38N4O2S2/c1-6-9-12-20(7-2)17-31-26(33)23(35-27(31)34)14-21-19(5)22(15-28)25(32)30(8-3)24(21)29-13-10-11-18(4)16-29/h14,18,20H,6-13,16-17H2,1-5H3/b23-14+. The molecule has 2 aliphatic rings. The average molecular weight is 515 g/mol. The lowest BCUT2D eigenvalue weighted by atomic mass is 9.97. The van der Waals surface area contributed by atoms with Crippen LogP contribution in [0.1, 0.15) is 82.9 Å². The van der Waals surface area contributed by atoms with Crippen molar-refractivity contribution in [3.8, 4) is 6.07 Å². The van der Waals surface area contributed by atoms with Gasteiger partial charge in [-0.15, -0.1) is 0 Å². The molecule has 2 fully saturated rings. The smallest absolute Gasteiger partial charge is 0.270 e. The maximum atomic E-state index is 13.5. The third-order valence-electron chi connectivity index (χ3n) is 7.25. The van der Waals surface area contributed by atoms with Gasteiger partial charge in [-0.3, -0.25) is 19.1 Å². The molecule has 0 spiro atoms. The Balaban J connectivity index is 2.08. The van der Waals surface area contributed by atoms with Gasteiger partial charge in [-0.2, -0.15) is 5.26 Å². The number of pyridine rings is 1. The van der Waals surface area contributed by atoms with E-state index in [9.17, 15) is 14.9 Å². The molecule has 6 nitrogen and oxygen atoms in total. The summed E-state index contributed by atoms with van der Waals surface area (Å²) in [6.07, 6.45) is 8.48. The second-order valence-electron chi connectivity index (χ2n) is 9.80. The second-order valence-corrected chi connectivity index (χ2v) is 11.5. The molecule has 0 bridgehead atoms. The van der Waals surface area contributed by atoms with Crippen molar-refractivity contribution in [2.75, 3.05) is 24.5 Å². The molecule has 2 atom stereocenters. The van der Waals surface area contributed by atoms with Gasteiger partial charge in [0.15, 0.2) is 0 Å². The summed E-state index contributed by atoms with van der Waals surface area (Å²) in [5.41, 5.74) is 1.31. The molecule has 3 rings (SSSR count). The van der Waals surface area contributed by atoms with E-state index in [2.05, 4.69) is 31.7 Å². The number of rotatable bonds is 9. The molecule has 2 aliphatic heterocycles. The Labute approximate surface area is 219 Å². The van der Waals surface area contributed by atoms with E-state index >= 15 is 0 Å². The largest absolute Gasteiger partial charge is 0.357 e. The van der Waals surface area contributed by atoms with Crippen LogP contribution in [0.15, 0.2) is 9.70 Å². The molecule has 0 N–H and O–H groups in total. The van der Waals surface area contributed by atoms with Crippen molar-refractivity contribution in [1.82, 2.24) is 9.47 Å². The lowest BCUT2D eigenvalue weighted by molar-refractivity contribution is -0.122. The van der Waals surface area contributed by atoms with E-state index in [0.29, 0.717) is 39.7 Å². The summed E-state index contributed by atoms with van der Waals surface area (Å²) in [4.78, 5) is 31.2. The molecular formula is C27H38N4O2S2. The van der Waals surface area contributed by atoms with Gasteiger partial charge in [0.1, 0.15) is 21.8 Å².